The van der Waals surface area contributed by atoms with Crippen molar-refractivity contribution in [3.8, 4) is 0 Å². The van der Waals surface area contributed by atoms with Crippen LogP contribution in [0.1, 0.15) is 76.3 Å². The Morgan fingerprint density at radius 3 is 1.81 bits per heavy atom. The lowest BCUT2D eigenvalue weighted by atomic mass is 9.97. The second kappa shape index (κ2) is 10.00. The number of hydrogen-bond donors (Lipinski definition) is 0. The molecular formula is C20H36N+. The van der Waals surface area contributed by atoms with E-state index in [9.17, 15) is 0 Å². The summed E-state index contributed by atoms with van der Waals surface area (Å²) in [4.78, 5) is 0. The molecule has 1 aromatic carbocycles. The molecule has 1 heteroatoms. The van der Waals surface area contributed by atoms with Crippen LogP contribution in [0.15, 0.2) is 30.3 Å². The van der Waals surface area contributed by atoms with E-state index in [2.05, 4.69) is 58.4 Å². The van der Waals surface area contributed by atoms with Gasteiger partial charge in [-0.05, 0) is 6.42 Å². The van der Waals surface area contributed by atoms with E-state index >= 15 is 0 Å². The maximum absolute atomic E-state index is 2.32. The van der Waals surface area contributed by atoms with E-state index in [0.717, 1.165) is 4.48 Å². The van der Waals surface area contributed by atoms with Crippen LogP contribution in [0, 0.1) is 0 Å². The first-order chi connectivity index (χ1) is 10.1. The number of quaternary nitrogens is 1. The molecule has 0 amide bonds. The molecule has 0 aromatic heterocycles. The van der Waals surface area contributed by atoms with Gasteiger partial charge >= 0.3 is 0 Å². The molecule has 120 valence electrons. The second-order valence-electron chi connectivity index (χ2n) is 7.31. The Balaban J connectivity index is 2.29. The van der Waals surface area contributed by atoms with Gasteiger partial charge in [0.15, 0.2) is 0 Å². The van der Waals surface area contributed by atoms with E-state index in [1.165, 1.54) is 63.4 Å². The molecule has 0 bridgehead atoms. The average Bonchev–Trinajstić information content (AvgIpc) is 2.45. The van der Waals surface area contributed by atoms with Crippen molar-refractivity contribution in [3.63, 3.8) is 0 Å². The quantitative estimate of drug-likeness (QED) is 0.348. The maximum Gasteiger partial charge on any atom is 0.114 e. The summed E-state index contributed by atoms with van der Waals surface area (Å²) in [6.07, 6.45) is 12.6. The fraction of sp³-hybridized carbons (Fsp3) is 0.700. The molecule has 1 atom stereocenters. The molecule has 0 saturated heterocycles. The Labute approximate surface area is 133 Å². The number of hydrogen-bond acceptors (Lipinski definition) is 0. The van der Waals surface area contributed by atoms with Gasteiger partial charge in [-0.3, -0.25) is 0 Å². The van der Waals surface area contributed by atoms with Crippen LogP contribution in [0.4, 0.5) is 0 Å². The monoisotopic (exact) mass is 290 g/mol. The Bertz CT molecular complexity index is 350. The van der Waals surface area contributed by atoms with Gasteiger partial charge in [-0.15, -0.1) is 0 Å². The molecular weight excluding hydrogens is 254 g/mol. The summed E-state index contributed by atoms with van der Waals surface area (Å²) in [6, 6.07) is 11.7. The Kier molecular flexibility index (Phi) is 8.68. The van der Waals surface area contributed by atoms with Crippen LogP contribution < -0.4 is 0 Å². The molecule has 1 aromatic rings. The van der Waals surface area contributed by atoms with Crippen LogP contribution in [0.3, 0.4) is 0 Å². The first kappa shape index (κ1) is 18.2. The van der Waals surface area contributed by atoms with Crippen molar-refractivity contribution in [2.45, 2.75) is 70.8 Å². The summed E-state index contributed by atoms with van der Waals surface area (Å²) in [5, 5.41) is 0. The van der Waals surface area contributed by atoms with Crippen molar-refractivity contribution in [1.82, 2.24) is 0 Å². The zero-order chi connectivity index (χ0) is 15.6. The van der Waals surface area contributed by atoms with Crippen molar-refractivity contribution >= 4 is 0 Å². The first-order valence-electron chi connectivity index (χ1n) is 8.91. The highest BCUT2D eigenvalue weighted by Gasteiger charge is 2.24. The topological polar surface area (TPSA) is 0 Å². The zero-order valence-electron chi connectivity index (χ0n) is 14.8. The van der Waals surface area contributed by atoms with Gasteiger partial charge in [-0.2, -0.15) is 0 Å². The lowest BCUT2D eigenvalue weighted by Crippen LogP contribution is -2.38. The Morgan fingerprint density at radius 2 is 1.29 bits per heavy atom. The third kappa shape index (κ3) is 7.66. The van der Waals surface area contributed by atoms with Crippen LogP contribution in [0.5, 0.6) is 0 Å². The number of unbranched alkanes of at least 4 members (excludes halogenated alkanes) is 7. The predicted molar refractivity (Wildman–Crippen MR) is 94.4 cm³/mol. The van der Waals surface area contributed by atoms with Crippen LogP contribution in [-0.4, -0.2) is 25.6 Å². The lowest BCUT2D eigenvalue weighted by Gasteiger charge is -2.34. The van der Waals surface area contributed by atoms with Crippen molar-refractivity contribution in [2.24, 2.45) is 0 Å². The van der Waals surface area contributed by atoms with Gasteiger partial charge in [-0.25, -0.2) is 0 Å². The normalized spacial score (nSPS) is 13.3. The van der Waals surface area contributed by atoms with E-state index in [4.69, 9.17) is 0 Å². The molecule has 0 aliphatic carbocycles. The highest BCUT2D eigenvalue weighted by atomic mass is 15.3. The van der Waals surface area contributed by atoms with E-state index in [1.54, 1.807) is 0 Å². The molecule has 0 aliphatic heterocycles. The van der Waals surface area contributed by atoms with Gasteiger partial charge in [0.25, 0.3) is 0 Å². The average molecular weight is 291 g/mol. The van der Waals surface area contributed by atoms with E-state index in [1.807, 2.05) is 0 Å². The fourth-order valence-corrected chi connectivity index (χ4v) is 3.15. The molecule has 0 saturated carbocycles. The molecule has 0 aliphatic rings. The third-order valence-corrected chi connectivity index (χ3v) is 4.45. The first-order valence-corrected chi connectivity index (χ1v) is 8.91. The molecule has 0 radical (unpaired) electrons. The minimum atomic E-state index is 0.631. The van der Waals surface area contributed by atoms with Crippen LogP contribution in [0.25, 0.3) is 0 Å². The fourth-order valence-electron chi connectivity index (χ4n) is 3.15. The van der Waals surface area contributed by atoms with E-state index in [-0.39, 0.29) is 0 Å². The van der Waals surface area contributed by atoms with Gasteiger partial charge in [0, 0.05) is 12.0 Å². The standard InChI is InChI=1S/C20H36N/c1-5-6-7-8-9-10-11-15-18-20(21(2,3)4)19-16-13-12-14-17-19/h12-14,16-17,20H,5-11,15,18H2,1-4H3/q+1. The molecule has 1 unspecified atom stereocenters. The largest absolute Gasteiger partial charge is 0.325 e. The van der Waals surface area contributed by atoms with Crippen molar-refractivity contribution in [3.05, 3.63) is 35.9 Å². The highest BCUT2D eigenvalue weighted by Crippen LogP contribution is 2.28. The highest BCUT2D eigenvalue weighted by molar-refractivity contribution is 5.17. The summed E-state index contributed by atoms with van der Waals surface area (Å²) in [7, 11) is 6.97. The molecule has 1 rings (SSSR count). The second-order valence-corrected chi connectivity index (χ2v) is 7.31. The van der Waals surface area contributed by atoms with Crippen molar-refractivity contribution in [1.29, 1.82) is 0 Å². The predicted octanol–water partition coefficient (Wildman–Crippen LogP) is 5.96. The molecule has 0 fully saturated rings. The van der Waals surface area contributed by atoms with Crippen LogP contribution >= 0.6 is 0 Å². The number of nitrogens with zero attached hydrogens (tertiary/aromatic N) is 1. The SMILES string of the molecule is CCCCCCCCCCC(c1ccccc1)[N+](C)(C)C. The van der Waals surface area contributed by atoms with Crippen molar-refractivity contribution in [2.75, 3.05) is 21.1 Å². The minimum Gasteiger partial charge on any atom is -0.325 e. The van der Waals surface area contributed by atoms with Gasteiger partial charge in [0.05, 0.1) is 21.1 Å². The van der Waals surface area contributed by atoms with Gasteiger partial charge in [0.1, 0.15) is 6.04 Å². The summed E-state index contributed by atoms with van der Waals surface area (Å²) in [6.45, 7) is 2.29. The summed E-state index contributed by atoms with van der Waals surface area (Å²) < 4.78 is 1.03. The van der Waals surface area contributed by atoms with Crippen LogP contribution in [-0.2, 0) is 0 Å². The summed E-state index contributed by atoms with van der Waals surface area (Å²) in [5.41, 5.74) is 1.49. The molecule has 0 heterocycles. The zero-order valence-corrected chi connectivity index (χ0v) is 14.8. The Morgan fingerprint density at radius 1 is 0.762 bits per heavy atom. The molecule has 0 spiro atoms. The molecule has 1 nitrogen and oxygen atoms in total. The van der Waals surface area contributed by atoms with E-state index in [0.29, 0.717) is 6.04 Å². The minimum absolute atomic E-state index is 0.631. The Hall–Kier alpha value is -0.820. The van der Waals surface area contributed by atoms with Gasteiger partial charge in [0.2, 0.25) is 0 Å². The summed E-state index contributed by atoms with van der Waals surface area (Å²) >= 11 is 0. The van der Waals surface area contributed by atoms with Crippen molar-refractivity contribution < 1.29 is 4.48 Å². The lowest BCUT2D eigenvalue weighted by molar-refractivity contribution is -0.902. The molecule has 21 heavy (non-hydrogen) atoms. The smallest absolute Gasteiger partial charge is 0.114 e. The van der Waals surface area contributed by atoms with Gasteiger partial charge in [-0.1, -0.05) is 82.2 Å². The summed E-state index contributed by atoms with van der Waals surface area (Å²) in [5.74, 6) is 0. The van der Waals surface area contributed by atoms with Crippen LogP contribution in [0.2, 0.25) is 0 Å². The van der Waals surface area contributed by atoms with Gasteiger partial charge < -0.3 is 4.48 Å². The number of benzene rings is 1. The maximum atomic E-state index is 2.32. The van der Waals surface area contributed by atoms with E-state index < -0.39 is 0 Å². The number of rotatable bonds is 11. The third-order valence-electron chi connectivity index (χ3n) is 4.45. The molecule has 0 N–H and O–H groups in total.